The average molecular weight is 359 g/mol. The van der Waals surface area contributed by atoms with Crippen LogP contribution in [0.25, 0.3) is 0 Å². The van der Waals surface area contributed by atoms with Crippen molar-refractivity contribution in [3.05, 3.63) is 47.5 Å². The molecule has 0 fully saturated rings. The molecular weight excluding hydrogens is 330 g/mol. The summed E-state index contributed by atoms with van der Waals surface area (Å²) in [5.41, 5.74) is 2.42. The Kier molecular flexibility index (Phi) is 7.60. The standard InChI is InChI=1S/C21H29NO4/c1-6-26-21-14-17(8-10-19(21)24-4)15-22(2)12-11-16-7-9-18(23-3)20(13-16)25-5/h7-10,13-14H,6,11-12,15H2,1-5H3. The molecule has 0 N–H and O–H groups in total. The molecule has 5 nitrogen and oxygen atoms in total. The number of rotatable bonds is 10. The zero-order valence-electron chi connectivity index (χ0n) is 16.4. The first-order valence-electron chi connectivity index (χ1n) is 8.80. The van der Waals surface area contributed by atoms with Crippen LogP contribution in [0.4, 0.5) is 0 Å². The van der Waals surface area contributed by atoms with Gasteiger partial charge < -0.3 is 23.8 Å². The molecule has 0 amide bonds. The fraction of sp³-hybridized carbons (Fsp3) is 0.429. The van der Waals surface area contributed by atoms with Crippen molar-refractivity contribution in [1.82, 2.24) is 4.90 Å². The van der Waals surface area contributed by atoms with Gasteiger partial charge in [-0.2, -0.15) is 0 Å². The summed E-state index contributed by atoms with van der Waals surface area (Å²) < 4.78 is 21.7. The van der Waals surface area contributed by atoms with Crippen molar-refractivity contribution in [2.24, 2.45) is 0 Å². The molecule has 0 saturated carbocycles. The molecule has 0 aliphatic heterocycles. The Hall–Kier alpha value is -2.40. The lowest BCUT2D eigenvalue weighted by molar-refractivity contribution is 0.306. The quantitative estimate of drug-likeness (QED) is 0.645. The Morgan fingerprint density at radius 1 is 0.769 bits per heavy atom. The molecule has 0 atom stereocenters. The second kappa shape index (κ2) is 9.92. The average Bonchev–Trinajstić information content (AvgIpc) is 2.66. The third-order valence-corrected chi connectivity index (χ3v) is 4.21. The molecular formula is C21H29NO4. The number of methoxy groups -OCH3 is 3. The molecule has 0 aliphatic rings. The van der Waals surface area contributed by atoms with Gasteiger partial charge in [0.1, 0.15) is 0 Å². The number of likely N-dealkylation sites (N-methyl/N-ethyl adjacent to an activating group) is 1. The van der Waals surface area contributed by atoms with Gasteiger partial charge in [-0.1, -0.05) is 12.1 Å². The van der Waals surface area contributed by atoms with Crippen LogP contribution in [0.15, 0.2) is 36.4 Å². The van der Waals surface area contributed by atoms with Crippen LogP contribution in [0.2, 0.25) is 0 Å². The van der Waals surface area contributed by atoms with Crippen LogP contribution in [0, 0.1) is 0 Å². The van der Waals surface area contributed by atoms with Crippen LogP contribution in [-0.2, 0) is 13.0 Å². The summed E-state index contributed by atoms with van der Waals surface area (Å²) in [6, 6.07) is 12.2. The van der Waals surface area contributed by atoms with Crippen LogP contribution >= 0.6 is 0 Å². The molecule has 2 aromatic carbocycles. The monoisotopic (exact) mass is 359 g/mol. The van der Waals surface area contributed by atoms with Gasteiger partial charge in [0.25, 0.3) is 0 Å². The number of nitrogens with zero attached hydrogens (tertiary/aromatic N) is 1. The van der Waals surface area contributed by atoms with Crippen molar-refractivity contribution in [3.8, 4) is 23.0 Å². The Bertz CT molecular complexity index is 702. The van der Waals surface area contributed by atoms with E-state index in [-0.39, 0.29) is 0 Å². The Morgan fingerprint density at radius 2 is 1.35 bits per heavy atom. The third kappa shape index (κ3) is 5.30. The summed E-state index contributed by atoms with van der Waals surface area (Å²) in [5, 5.41) is 0. The molecule has 0 spiro atoms. The summed E-state index contributed by atoms with van der Waals surface area (Å²) in [5.74, 6) is 3.08. The van der Waals surface area contributed by atoms with Gasteiger partial charge in [0.2, 0.25) is 0 Å². The highest BCUT2D eigenvalue weighted by molar-refractivity contribution is 5.43. The van der Waals surface area contributed by atoms with Gasteiger partial charge in [0, 0.05) is 13.1 Å². The minimum atomic E-state index is 0.620. The second-order valence-corrected chi connectivity index (χ2v) is 6.10. The molecule has 0 saturated heterocycles. The molecule has 0 bridgehead atoms. The Morgan fingerprint density at radius 3 is 1.96 bits per heavy atom. The Balaban J connectivity index is 1.96. The van der Waals surface area contributed by atoms with E-state index in [1.54, 1.807) is 21.3 Å². The van der Waals surface area contributed by atoms with E-state index in [4.69, 9.17) is 18.9 Å². The molecule has 0 radical (unpaired) electrons. The molecule has 2 aromatic rings. The zero-order valence-corrected chi connectivity index (χ0v) is 16.4. The molecule has 2 rings (SSSR count). The maximum Gasteiger partial charge on any atom is 0.161 e. The highest BCUT2D eigenvalue weighted by Crippen LogP contribution is 2.29. The van der Waals surface area contributed by atoms with Gasteiger partial charge in [-0.3, -0.25) is 0 Å². The normalized spacial score (nSPS) is 10.7. The van der Waals surface area contributed by atoms with Crippen molar-refractivity contribution >= 4 is 0 Å². The van der Waals surface area contributed by atoms with Crippen molar-refractivity contribution in [1.29, 1.82) is 0 Å². The number of hydrogen-bond donors (Lipinski definition) is 0. The van der Waals surface area contributed by atoms with Crippen LogP contribution in [0.3, 0.4) is 0 Å². The van der Waals surface area contributed by atoms with Crippen molar-refractivity contribution < 1.29 is 18.9 Å². The Labute approximate surface area is 156 Å². The van der Waals surface area contributed by atoms with Gasteiger partial charge >= 0.3 is 0 Å². The van der Waals surface area contributed by atoms with Crippen LogP contribution < -0.4 is 18.9 Å². The predicted molar refractivity (Wildman–Crippen MR) is 104 cm³/mol. The van der Waals surface area contributed by atoms with Crippen LogP contribution in [0.1, 0.15) is 18.1 Å². The highest BCUT2D eigenvalue weighted by Gasteiger charge is 2.09. The largest absolute Gasteiger partial charge is 0.493 e. The molecule has 0 unspecified atom stereocenters. The van der Waals surface area contributed by atoms with Crippen molar-refractivity contribution in [2.75, 3.05) is 41.5 Å². The van der Waals surface area contributed by atoms with Crippen LogP contribution in [-0.4, -0.2) is 46.4 Å². The summed E-state index contributed by atoms with van der Waals surface area (Å²) in [4.78, 5) is 2.29. The molecule has 26 heavy (non-hydrogen) atoms. The SMILES string of the molecule is CCOc1cc(CN(C)CCc2ccc(OC)c(OC)c2)ccc1OC. The van der Waals surface area contributed by atoms with E-state index in [1.165, 1.54) is 11.1 Å². The van der Waals surface area contributed by atoms with E-state index in [0.717, 1.165) is 42.5 Å². The van der Waals surface area contributed by atoms with E-state index in [9.17, 15) is 0 Å². The van der Waals surface area contributed by atoms with Crippen molar-refractivity contribution in [2.45, 2.75) is 19.9 Å². The van der Waals surface area contributed by atoms with E-state index in [1.807, 2.05) is 25.1 Å². The minimum Gasteiger partial charge on any atom is -0.493 e. The van der Waals surface area contributed by atoms with Gasteiger partial charge in [0.15, 0.2) is 23.0 Å². The maximum absolute atomic E-state index is 5.66. The van der Waals surface area contributed by atoms with Gasteiger partial charge in [-0.05, 0) is 55.8 Å². The van der Waals surface area contributed by atoms with Gasteiger partial charge in [0.05, 0.1) is 27.9 Å². The van der Waals surface area contributed by atoms with E-state index in [2.05, 4.69) is 30.1 Å². The summed E-state index contributed by atoms with van der Waals surface area (Å²) in [6.07, 6.45) is 0.936. The van der Waals surface area contributed by atoms with Gasteiger partial charge in [-0.25, -0.2) is 0 Å². The fourth-order valence-electron chi connectivity index (χ4n) is 2.83. The predicted octanol–water partition coefficient (Wildman–Crippen LogP) is 3.79. The lowest BCUT2D eigenvalue weighted by Gasteiger charge is -2.18. The minimum absolute atomic E-state index is 0.620. The topological polar surface area (TPSA) is 40.2 Å². The van der Waals surface area contributed by atoms with Crippen LogP contribution in [0.5, 0.6) is 23.0 Å². The molecule has 0 heterocycles. The number of hydrogen-bond acceptors (Lipinski definition) is 5. The first kappa shape index (κ1) is 19.9. The highest BCUT2D eigenvalue weighted by atomic mass is 16.5. The fourth-order valence-corrected chi connectivity index (χ4v) is 2.83. The van der Waals surface area contributed by atoms with Gasteiger partial charge in [-0.15, -0.1) is 0 Å². The summed E-state index contributed by atoms with van der Waals surface area (Å²) >= 11 is 0. The van der Waals surface area contributed by atoms with E-state index < -0.39 is 0 Å². The third-order valence-electron chi connectivity index (χ3n) is 4.21. The summed E-state index contributed by atoms with van der Waals surface area (Å²) in [7, 11) is 7.09. The van der Waals surface area contributed by atoms with E-state index >= 15 is 0 Å². The first-order valence-corrected chi connectivity index (χ1v) is 8.80. The molecule has 142 valence electrons. The lowest BCUT2D eigenvalue weighted by atomic mass is 10.1. The summed E-state index contributed by atoms with van der Waals surface area (Å²) in [6.45, 7) is 4.37. The molecule has 5 heteroatoms. The van der Waals surface area contributed by atoms with E-state index in [0.29, 0.717) is 6.61 Å². The number of ether oxygens (including phenoxy) is 4. The molecule has 0 aliphatic carbocycles. The molecule has 0 aromatic heterocycles. The van der Waals surface area contributed by atoms with Crippen molar-refractivity contribution in [3.63, 3.8) is 0 Å². The second-order valence-electron chi connectivity index (χ2n) is 6.10. The number of benzene rings is 2. The smallest absolute Gasteiger partial charge is 0.161 e. The lowest BCUT2D eigenvalue weighted by Crippen LogP contribution is -2.20. The zero-order chi connectivity index (χ0) is 18.9. The maximum atomic E-state index is 5.66. The first-order chi connectivity index (χ1) is 12.6.